The van der Waals surface area contributed by atoms with Crippen molar-refractivity contribution in [3.63, 3.8) is 0 Å². The van der Waals surface area contributed by atoms with Crippen LogP contribution in [0, 0.1) is 0 Å². The van der Waals surface area contributed by atoms with Crippen LogP contribution < -0.4 is 15.2 Å². The van der Waals surface area contributed by atoms with Crippen LogP contribution in [-0.4, -0.2) is 35.1 Å². The van der Waals surface area contributed by atoms with Crippen molar-refractivity contribution >= 4 is 12.2 Å². The Morgan fingerprint density at radius 1 is 1.00 bits per heavy atom. The Morgan fingerprint density at radius 2 is 1.69 bits per heavy atom. The van der Waals surface area contributed by atoms with Crippen molar-refractivity contribution in [3.05, 3.63) is 99.7 Å². The molecule has 0 radical (unpaired) electrons. The van der Waals surface area contributed by atoms with Gasteiger partial charge in [-0.3, -0.25) is 9.59 Å². The van der Waals surface area contributed by atoms with Gasteiger partial charge in [-0.2, -0.15) is 0 Å². The van der Waals surface area contributed by atoms with Crippen LogP contribution in [0.15, 0.2) is 77.2 Å². The molecular weight excluding hydrogens is 490 g/mol. The lowest BCUT2D eigenvalue weighted by Crippen LogP contribution is -2.29. The minimum Gasteiger partial charge on any atom is -0.482 e. The minimum atomic E-state index is -0.318. The molecule has 1 aliphatic rings. The second kappa shape index (κ2) is 13.3. The number of nitrogens with zero attached hydrogens (tertiary/aromatic N) is 2. The summed E-state index contributed by atoms with van der Waals surface area (Å²) < 4.78 is 10.2. The first-order chi connectivity index (χ1) is 18.4. The highest BCUT2D eigenvalue weighted by molar-refractivity contribution is 5.50. The highest BCUT2D eigenvalue weighted by Crippen LogP contribution is 2.26. The molecule has 7 heteroatoms. The van der Waals surface area contributed by atoms with Gasteiger partial charge in [0.15, 0.2) is 0 Å². The number of hydrogen-bond acceptors (Lipinski definition) is 6. The number of anilines is 1. The predicted octanol–water partition coefficient (Wildman–Crippen LogP) is 5.98. The van der Waals surface area contributed by atoms with Crippen LogP contribution in [0.4, 0.5) is 5.69 Å². The highest BCUT2D eigenvalue weighted by atomic mass is 16.5. The third-order valence-electron chi connectivity index (χ3n) is 6.25. The summed E-state index contributed by atoms with van der Waals surface area (Å²) in [5.41, 5.74) is 4.53. The number of carbonyl (C=O) groups is 1. The lowest BCUT2D eigenvalue weighted by molar-refractivity contribution is -0.138. The van der Waals surface area contributed by atoms with Crippen molar-refractivity contribution in [1.82, 2.24) is 9.97 Å². The zero-order valence-electron chi connectivity index (χ0n) is 24.0. The van der Waals surface area contributed by atoms with Crippen molar-refractivity contribution in [2.24, 2.45) is 0 Å². The molecule has 3 aromatic rings. The summed E-state index contributed by atoms with van der Waals surface area (Å²) in [5.74, 6) is 0.927. The molecule has 0 saturated carbocycles. The predicted molar refractivity (Wildman–Crippen MR) is 156 cm³/mol. The van der Waals surface area contributed by atoms with Gasteiger partial charge in [-0.1, -0.05) is 74.9 Å². The summed E-state index contributed by atoms with van der Waals surface area (Å²) in [6, 6.07) is 18.7. The van der Waals surface area contributed by atoms with E-state index in [-0.39, 0.29) is 22.3 Å². The maximum absolute atomic E-state index is 12.4. The zero-order valence-corrected chi connectivity index (χ0v) is 24.0. The summed E-state index contributed by atoms with van der Waals surface area (Å²) >= 11 is 0. The molecule has 0 fully saturated rings. The quantitative estimate of drug-likeness (QED) is 0.298. The lowest BCUT2D eigenvalue weighted by Gasteiger charge is -2.29. The Bertz CT molecular complexity index is 1280. The highest BCUT2D eigenvalue weighted by Gasteiger charge is 2.17. The van der Waals surface area contributed by atoms with Crippen molar-refractivity contribution in [2.75, 3.05) is 18.0 Å². The van der Waals surface area contributed by atoms with E-state index in [2.05, 4.69) is 70.7 Å². The van der Waals surface area contributed by atoms with E-state index in [0.29, 0.717) is 25.3 Å². The van der Waals surface area contributed by atoms with Crippen LogP contribution in [0.3, 0.4) is 0 Å². The lowest BCUT2D eigenvalue weighted by atomic mass is 9.87. The van der Waals surface area contributed by atoms with Gasteiger partial charge < -0.3 is 19.4 Å². The van der Waals surface area contributed by atoms with Crippen LogP contribution >= 0.6 is 0 Å². The Kier molecular flexibility index (Phi) is 10.1. The van der Waals surface area contributed by atoms with Gasteiger partial charge in [-0.05, 0) is 55.9 Å². The van der Waals surface area contributed by atoms with E-state index in [1.807, 2.05) is 51.1 Å². The van der Waals surface area contributed by atoms with Gasteiger partial charge in [-0.25, -0.2) is 4.98 Å². The minimum absolute atomic E-state index is 0.166. The van der Waals surface area contributed by atoms with Gasteiger partial charge in [0.1, 0.15) is 18.0 Å². The van der Waals surface area contributed by atoms with E-state index >= 15 is 0 Å². The normalized spacial score (nSPS) is 13.6. The fourth-order valence-corrected chi connectivity index (χ4v) is 3.99. The van der Waals surface area contributed by atoms with Crippen LogP contribution in [0.25, 0.3) is 0 Å². The molecule has 0 bridgehead atoms. The van der Waals surface area contributed by atoms with Crippen molar-refractivity contribution in [3.8, 4) is 5.75 Å². The summed E-state index contributed by atoms with van der Waals surface area (Å²) in [7, 11) is 0. The molecule has 0 aliphatic carbocycles. The number of aromatic amines is 1. The Balaban J connectivity index is 0.000000532. The molecule has 4 rings (SSSR count). The summed E-state index contributed by atoms with van der Waals surface area (Å²) in [5, 5.41) is 0. The molecule has 1 N–H and O–H groups in total. The fourth-order valence-electron chi connectivity index (χ4n) is 3.99. The molecule has 0 unspecified atom stereocenters. The molecular formula is C32H41N3O4. The van der Waals surface area contributed by atoms with Crippen LogP contribution in [0.1, 0.15) is 64.9 Å². The molecule has 0 amide bonds. The first kappa shape index (κ1) is 29.7. The largest absolute Gasteiger partial charge is 0.482 e. The molecule has 0 saturated heterocycles. The third-order valence-corrected chi connectivity index (χ3v) is 6.25. The molecule has 0 spiro atoms. The van der Waals surface area contributed by atoms with E-state index in [4.69, 9.17) is 4.74 Å². The third kappa shape index (κ3) is 9.74. The maximum atomic E-state index is 12.4. The molecule has 7 nitrogen and oxygen atoms in total. The van der Waals surface area contributed by atoms with Crippen LogP contribution in [-0.2, 0) is 28.0 Å². The van der Waals surface area contributed by atoms with Gasteiger partial charge in [0.2, 0.25) is 5.75 Å². The van der Waals surface area contributed by atoms with E-state index in [1.54, 1.807) is 0 Å². The van der Waals surface area contributed by atoms with Crippen molar-refractivity contribution < 1.29 is 14.3 Å². The molecule has 2 heterocycles. The average molecular weight is 532 g/mol. The number of H-pyrrole nitrogens is 1. The second-order valence-electron chi connectivity index (χ2n) is 11.7. The summed E-state index contributed by atoms with van der Waals surface area (Å²) in [4.78, 5) is 31.7. The number of hydrogen-bond donors (Lipinski definition) is 1. The Labute approximate surface area is 231 Å². The van der Waals surface area contributed by atoms with Gasteiger partial charge in [0.05, 0.1) is 6.20 Å². The van der Waals surface area contributed by atoms with Gasteiger partial charge in [0.25, 0.3) is 12.0 Å². The van der Waals surface area contributed by atoms with E-state index in [1.165, 1.54) is 23.0 Å². The van der Waals surface area contributed by atoms with Crippen LogP contribution in [0.5, 0.6) is 5.75 Å². The summed E-state index contributed by atoms with van der Waals surface area (Å²) in [6.07, 6.45) is 5.40. The molecule has 1 aliphatic heterocycles. The Hall–Kier alpha value is -3.87. The van der Waals surface area contributed by atoms with Crippen molar-refractivity contribution in [1.29, 1.82) is 0 Å². The number of carbonyl (C=O) groups excluding carboxylic acids is 1. The average Bonchev–Trinajstić information content (AvgIpc) is 2.89. The fraction of sp³-hybridized carbons (Fsp3) is 0.406. The first-order valence-corrected chi connectivity index (χ1v) is 13.3. The number of nitrogens with one attached hydrogen (secondary N) is 1. The smallest absolute Gasteiger partial charge is 0.293 e. The summed E-state index contributed by atoms with van der Waals surface area (Å²) in [6.45, 7) is 14.8. The molecule has 0 atom stereocenters. The number of benzene rings is 2. The van der Waals surface area contributed by atoms with Gasteiger partial charge >= 0.3 is 0 Å². The molecule has 39 heavy (non-hydrogen) atoms. The van der Waals surface area contributed by atoms with E-state index < -0.39 is 0 Å². The van der Waals surface area contributed by atoms with E-state index in [9.17, 15) is 9.59 Å². The van der Waals surface area contributed by atoms with E-state index in [0.717, 1.165) is 25.1 Å². The first-order valence-electron chi connectivity index (χ1n) is 13.3. The standard InChI is InChI=1S/C27H31N3O2.C5H10O2/c1-27(2,3)22-9-11-23(12-10-22)30-15-13-20(14-16-30)17-25-28-18-24(26(31)29-25)32-19-21-7-5-4-6-8-21;1-5(2,3)7-4-6/h4-13,18H,14-17,19H2,1-3H3,(H,28,29,31);4H,1-3H3. The van der Waals surface area contributed by atoms with Crippen LogP contribution in [0.2, 0.25) is 0 Å². The number of rotatable bonds is 7. The maximum Gasteiger partial charge on any atom is 0.293 e. The molecule has 208 valence electrons. The monoisotopic (exact) mass is 531 g/mol. The topological polar surface area (TPSA) is 84.5 Å². The van der Waals surface area contributed by atoms with Gasteiger partial charge in [0, 0.05) is 25.2 Å². The Morgan fingerprint density at radius 3 is 2.21 bits per heavy atom. The number of aromatic nitrogens is 2. The molecule has 2 aromatic carbocycles. The second-order valence-corrected chi connectivity index (χ2v) is 11.7. The number of ether oxygens (including phenoxy) is 2. The van der Waals surface area contributed by atoms with Crippen molar-refractivity contribution in [2.45, 2.75) is 72.0 Å². The SMILES string of the molecule is CC(C)(C)OC=O.CC(C)(C)c1ccc(N2CC=C(Cc3ncc(OCc4ccccc4)c(=O)[nH]3)CC2)cc1. The van der Waals surface area contributed by atoms with Gasteiger partial charge in [-0.15, -0.1) is 0 Å². The zero-order chi connectivity index (χ0) is 28.5. The molecule has 1 aromatic heterocycles.